The Morgan fingerprint density at radius 3 is 2.34 bits per heavy atom. The van der Waals surface area contributed by atoms with Gasteiger partial charge in [0, 0.05) is 24.6 Å². The van der Waals surface area contributed by atoms with Gasteiger partial charge in [-0.05, 0) is 24.3 Å². The number of methoxy groups -OCH3 is 1. The molecular formula is C29H32O15. The normalized spacial score (nSPS) is 30.7. The summed E-state index contributed by atoms with van der Waals surface area (Å²) in [4.78, 5) is 24.6. The van der Waals surface area contributed by atoms with Gasteiger partial charge in [-0.2, -0.15) is 0 Å². The Balaban J connectivity index is 1.56. The number of phenolic OH excluding ortho intramolecular Hbond substituents is 2. The van der Waals surface area contributed by atoms with Gasteiger partial charge in [0.25, 0.3) is 0 Å². The van der Waals surface area contributed by atoms with Crippen molar-refractivity contribution in [2.24, 2.45) is 0 Å². The van der Waals surface area contributed by atoms with Crippen LogP contribution in [0.2, 0.25) is 0 Å². The van der Waals surface area contributed by atoms with Gasteiger partial charge in [0.2, 0.25) is 0 Å². The topological polar surface area (TPSA) is 235 Å². The number of fused-ring (bicyclic) bond motifs is 1. The maximum atomic E-state index is 13.3. The molecule has 5 rings (SSSR count). The first-order chi connectivity index (χ1) is 20.9. The van der Waals surface area contributed by atoms with Crippen LogP contribution in [0.1, 0.15) is 18.6 Å². The standard InChI is InChI=1S/C29H32O15/c1-11(31)41-19-10-40-29(26(38)23(19)35)44-28-25(37)22(34)18(9-30)43-27(28)21-16(39-2)8-17-20(24(21)36)14(33)7-15(42-17)12-3-5-13(32)6-4-12/h3-8,18-19,22-23,25-30,32,34-38H,9-10H2,1-2H3/t18-,19+,22-,23+,25+,26-,27+,28-,29+/m1/s1. The minimum Gasteiger partial charge on any atom is -0.508 e. The highest BCUT2D eigenvalue weighted by Crippen LogP contribution is 2.46. The van der Waals surface area contributed by atoms with Gasteiger partial charge in [0.15, 0.2) is 17.8 Å². The van der Waals surface area contributed by atoms with Crippen LogP contribution in [0.5, 0.6) is 17.2 Å². The first-order valence-electron chi connectivity index (χ1n) is 13.5. The zero-order valence-corrected chi connectivity index (χ0v) is 23.5. The van der Waals surface area contributed by atoms with Gasteiger partial charge in [-0.25, -0.2) is 0 Å². The smallest absolute Gasteiger partial charge is 0.303 e. The quantitative estimate of drug-likeness (QED) is 0.164. The number of phenols is 2. The fraction of sp³-hybridized carbons (Fsp3) is 0.448. The molecule has 9 atom stereocenters. The Kier molecular flexibility index (Phi) is 9.10. The van der Waals surface area contributed by atoms with Gasteiger partial charge in [0.1, 0.15) is 76.7 Å². The molecule has 7 N–H and O–H groups in total. The molecule has 2 saturated heterocycles. The van der Waals surface area contributed by atoms with E-state index >= 15 is 0 Å². The Labute approximate surface area is 249 Å². The summed E-state index contributed by atoms with van der Waals surface area (Å²) in [7, 11) is 1.25. The summed E-state index contributed by atoms with van der Waals surface area (Å²) in [5.74, 6) is -1.37. The third-order valence-corrected chi connectivity index (χ3v) is 7.56. The average molecular weight is 621 g/mol. The summed E-state index contributed by atoms with van der Waals surface area (Å²) < 4.78 is 33.4. The van der Waals surface area contributed by atoms with E-state index in [9.17, 15) is 45.3 Å². The number of hydrogen-bond acceptors (Lipinski definition) is 15. The van der Waals surface area contributed by atoms with Crippen LogP contribution in [0, 0.1) is 0 Å². The van der Waals surface area contributed by atoms with E-state index in [1.165, 1.54) is 37.4 Å². The van der Waals surface area contributed by atoms with Gasteiger partial charge in [0.05, 0.1) is 25.9 Å². The second-order valence-electron chi connectivity index (χ2n) is 10.4. The fourth-order valence-electron chi connectivity index (χ4n) is 5.34. The number of esters is 1. The van der Waals surface area contributed by atoms with Gasteiger partial charge >= 0.3 is 5.97 Å². The second kappa shape index (κ2) is 12.7. The molecule has 0 radical (unpaired) electrons. The number of carbonyl (C=O) groups excluding carboxylic acids is 1. The predicted molar refractivity (Wildman–Crippen MR) is 147 cm³/mol. The number of rotatable bonds is 7. The molecule has 44 heavy (non-hydrogen) atoms. The summed E-state index contributed by atoms with van der Waals surface area (Å²) in [6.07, 6.45) is -14.4. The summed E-state index contributed by atoms with van der Waals surface area (Å²) in [6, 6.07) is 8.28. The highest BCUT2D eigenvalue weighted by Gasteiger charge is 2.51. The van der Waals surface area contributed by atoms with E-state index in [4.69, 9.17) is 28.1 Å². The van der Waals surface area contributed by atoms with Crippen molar-refractivity contribution in [2.45, 2.75) is 62.0 Å². The molecule has 3 aromatic rings. The number of aliphatic hydroxyl groups is 5. The number of aliphatic hydroxyl groups excluding tert-OH is 5. The Hall–Kier alpha value is -3.80. The van der Waals surface area contributed by atoms with Crippen molar-refractivity contribution in [1.29, 1.82) is 0 Å². The number of aromatic hydroxyl groups is 2. The molecule has 0 bridgehead atoms. The van der Waals surface area contributed by atoms with Gasteiger partial charge in [-0.15, -0.1) is 0 Å². The number of benzene rings is 2. The lowest BCUT2D eigenvalue weighted by molar-refractivity contribution is -0.325. The van der Waals surface area contributed by atoms with Crippen molar-refractivity contribution in [3.63, 3.8) is 0 Å². The van der Waals surface area contributed by atoms with Crippen molar-refractivity contribution < 1.29 is 68.6 Å². The molecule has 2 fully saturated rings. The highest BCUT2D eigenvalue weighted by molar-refractivity contribution is 5.88. The molecule has 15 nitrogen and oxygen atoms in total. The van der Waals surface area contributed by atoms with Crippen molar-refractivity contribution >= 4 is 16.9 Å². The third-order valence-electron chi connectivity index (χ3n) is 7.56. The van der Waals surface area contributed by atoms with E-state index in [-0.39, 0.29) is 33.8 Å². The van der Waals surface area contributed by atoms with Crippen molar-refractivity contribution in [1.82, 2.24) is 0 Å². The van der Waals surface area contributed by atoms with Gasteiger partial charge in [-0.1, -0.05) is 0 Å². The fourth-order valence-corrected chi connectivity index (χ4v) is 5.34. The lowest BCUT2D eigenvalue weighted by atomic mass is 9.89. The summed E-state index contributed by atoms with van der Waals surface area (Å²) >= 11 is 0. The maximum Gasteiger partial charge on any atom is 0.303 e. The van der Waals surface area contributed by atoms with Crippen molar-refractivity contribution in [3.8, 4) is 28.6 Å². The molecule has 15 heteroatoms. The molecule has 1 aromatic heterocycles. The Morgan fingerprint density at radius 1 is 1.00 bits per heavy atom. The zero-order valence-electron chi connectivity index (χ0n) is 23.5. The Morgan fingerprint density at radius 2 is 1.70 bits per heavy atom. The van der Waals surface area contributed by atoms with Crippen LogP contribution in [0.3, 0.4) is 0 Å². The molecule has 2 aliphatic heterocycles. The summed E-state index contributed by atoms with van der Waals surface area (Å²) in [5, 5.41) is 73.5. The van der Waals surface area contributed by atoms with Gasteiger partial charge in [-0.3, -0.25) is 9.59 Å². The van der Waals surface area contributed by atoms with Crippen LogP contribution in [-0.4, -0.2) is 111 Å². The van der Waals surface area contributed by atoms with E-state index in [1.807, 2.05) is 0 Å². The summed E-state index contributed by atoms with van der Waals surface area (Å²) in [6.45, 7) is -0.0473. The van der Waals surface area contributed by atoms with Crippen LogP contribution < -0.4 is 10.2 Å². The summed E-state index contributed by atoms with van der Waals surface area (Å²) in [5.41, 5.74) is -0.519. The van der Waals surface area contributed by atoms with Crippen LogP contribution >= 0.6 is 0 Å². The molecule has 2 aliphatic rings. The van der Waals surface area contributed by atoms with E-state index in [1.54, 1.807) is 0 Å². The molecule has 3 heterocycles. The van der Waals surface area contributed by atoms with Crippen LogP contribution in [-0.2, 0) is 23.7 Å². The zero-order chi connectivity index (χ0) is 31.9. The van der Waals surface area contributed by atoms with Crippen LogP contribution in [0.4, 0.5) is 0 Å². The van der Waals surface area contributed by atoms with Crippen LogP contribution in [0.15, 0.2) is 45.6 Å². The molecule has 0 saturated carbocycles. The molecule has 0 spiro atoms. The lowest BCUT2D eigenvalue weighted by Gasteiger charge is -2.45. The van der Waals surface area contributed by atoms with Crippen molar-refractivity contribution in [2.75, 3.05) is 20.3 Å². The molecule has 238 valence electrons. The third kappa shape index (κ3) is 5.83. The average Bonchev–Trinajstić information content (AvgIpc) is 2.99. The molecular weight excluding hydrogens is 588 g/mol. The van der Waals surface area contributed by atoms with E-state index in [2.05, 4.69) is 0 Å². The predicted octanol–water partition coefficient (Wildman–Crippen LogP) is -0.571. The molecule has 2 aromatic carbocycles. The van der Waals surface area contributed by atoms with E-state index in [0.717, 1.165) is 13.0 Å². The Bertz CT molecular complexity index is 1550. The van der Waals surface area contributed by atoms with Crippen molar-refractivity contribution in [3.05, 3.63) is 52.2 Å². The first kappa shape index (κ1) is 31.6. The van der Waals surface area contributed by atoms with E-state index < -0.39 is 85.5 Å². The maximum absolute atomic E-state index is 13.3. The minimum atomic E-state index is -1.82. The molecule has 0 amide bonds. The second-order valence-corrected chi connectivity index (χ2v) is 10.4. The number of carbonyl (C=O) groups is 1. The number of hydrogen-bond donors (Lipinski definition) is 7. The lowest BCUT2D eigenvalue weighted by Crippen LogP contribution is -2.60. The van der Waals surface area contributed by atoms with Crippen LogP contribution in [0.25, 0.3) is 22.3 Å². The van der Waals surface area contributed by atoms with Gasteiger partial charge < -0.3 is 63.8 Å². The highest BCUT2D eigenvalue weighted by atomic mass is 16.7. The number of ether oxygens (including phenoxy) is 5. The largest absolute Gasteiger partial charge is 0.508 e. The minimum absolute atomic E-state index is 0.00320. The molecule has 0 unspecified atom stereocenters. The SMILES string of the molecule is COc1cc2oc(-c3ccc(O)cc3)cc(=O)c2c(O)c1[C@@H]1O[C@H](CO)[C@@H](O)[C@H](O)[C@H]1O[C@@H]1OC[C@H](OC(C)=O)[C@H](O)[C@H]1O. The molecule has 0 aliphatic carbocycles. The monoisotopic (exact) mass is 620 g/mol. The van der Waals surface area contributed by atoms with E-state index in [0.29, 0.717) is 5.56 Å². The first-order valence-corrected chi connectivity index (χ1v) is 13.5.